The molecule has 21 heavy (non-hydrogen) atoms. The Morgan fingerprint density at radius 3 is 2.67 bits per heavy atom. The third-order valence-corrected chi connectivity index (χ3v) is 4.04. The lowest BCUT2D eigenvalue weighted by Gasteiger charge is -2.23. The summed E-state index contributed by atoms with van der Waals surface area (Å²) < 4.78 is 0. The molecule has 108 valence electrons. The molecule has 1 heterocycles. The molecule has 0 spiro atoms. The summed E-state index contributed by atoms with van der Waals surface area (Å²) in [5.41, 5.74) is 4.08. The van der Waals surface area contributed by atoms with Gasteiger partial charge in [0.25, 0.3) is 5.91 Å². The molecule has 0 aliphatic carbocycles. The van der Waals surface area contributed by atoms with Crippen LogP contribution in [0.1, 0.15) is 22.8 Å². The van der Waals surface area contributed by atoms with Crippen molar-refractivity contribution in [3.05, 3.63) is 59.7 Å². The number of rotatable bonds is 2. The molecule has 0 bridgehead atoms. The summed E-state index contributed by atoms with van der Waals surface area (Å²) in [6, 6.07) is 16.2. The number of carbonyl (C=O) groups is 1. The van der Waals surface area contributed by atoms with Crippen LogP contribution in [-0.2, 0) is 6.42 Å². The van der Waals surface area contributed by atoms with Gasteiger partial charge in [-0.1, -0.05) is 24.3 Å². The third-order valence-electron chi connectivity index (χ3n) is 4.04. The molecule has 0 radical (unpaired) electrons. The Morgan fingerprint density at radius 1 is 1.14 bits per heavy atom. The van der Waals surface area contributed by atoms with E-state index >= 15 is 0 Å². The number of fused-ring (bicyclic) bond motifs is 1. The summed E-state index contributed by atoms with van der Waals surface area (Å²) in [5, 5.41) is 0. The van der Waals surface area contributed by atoms with E-state index in [-0.39, 0.29) is 11.9 Å². The summed E-state index contributed by atoms with van der Waals surface area (Å²) in [6.07, 6.45) is 0.926. The second-order valence-corrected chi connectivity index (χ2v) is 5.80. The van der Waals surface area contributed by atoms with Crippen molar-refractivity contribution in [3.63, 3.8) is 0 Å². The van der Waals surface area contributed by atoms with Gasteiger partial charge in [-0.25, -0.2) is 0 Å². The van der Waals surface area contributed by atoms with Crippen molar-refractivity contribution in [2.45, 2.75) is 19.4 Å². The van der Waals surface area contributed by atoms with Crippen molar-refractivity contribution >= 4 is 17.3 Å². The Balaban J connectivity index is 1.97. The maximum atomic E-state index is 12.9. The van der Waals surface area contributed by atoms with Gasteiger partial charge in [0, 0.05) is 37.1 Å². The topological polar surface area (TPSA) is 23.6 Å². The number of carbonyl (C=O) groups excluding carboxylic acids is 1. The Hall–Kier alpha value is -2.29. The minimum atomic E-state index is 0.0798. The number of para-hydroxylation sites is 1. The molecular weight excluding hydrogens is 260 g/mol. The van der Waals surface area contributed by atoms with E-state index in [1.165, 1.54) is 5.56 Å². The lowest BCUT2D eigenvalue weighted by molar-refractivity contribution is 0.0981. The number of benzene rings is 2. The summed E-state index contributed by atoms with van der Waals surface area (Å²) in [5.74, 6) is 0.0798. The van der Waals surface area contributed by atoms with Crippen LogP contribution in [0, 0.1) is 0 Å². The molecule has 2 aromatic carbocycles. The molecule has 1 aliphatic rings. The number of anilines is 2. The van der Waals surface area contributed by atoms with Gasteiger partial charge < -0.3 is 9.80 Å². The van der Waals surface area contributed by atoms with Crippen LogP contribution in [-0.4, -0.2) is 26.0 Å². The van der Waals surface area contributed by atoms with Gasteiger partial charge in [0.2, 0.25) is 0 Å². The third kappa shape index (κ3) is 2.40. The lowest BCUT2D eigenvalue weighted by atomic mass is 10.1. The Morgan fingerprint density at radius 2 is 1.90 bits per heavy atom. The average Bonchev–Trinajstić information content (AvgIpc) is 2.82. The molecule has 1 amide bonds. The second kappa shape index (κ2) is 5.24. The smallest absolute Gasteiger partial charge is 0.258 e. The van der Waals surface area contributed by atoms with Gasteiger partial charge in [-0.15, -0.1) is 0 Å². The molecule has 0 unspecified atom stereocenters. The SMILES string of the molecule is C[C@@H]1Cc2ccccc2N1C(=O)c1cccc(N(C)C)c1. The predicted molar refractivity (Wildman–Crippen MR) is 87.2 cm³/mol. The van der Waals surface area contributed by atoms with E-state index in [9.17, 15) is 4.79 Å². The highest BCUT2D eigenvalue weighted by molar-refractivity contribution is 6.08. The molecule has 3 nitrogen and oxygen atoms in total. The number of hydrogen-bond donors (Lipinski definition) is 0. The first kappa shape index (κ1) is 13.7. The minimum Gasteiger partial charge on any atom is -0.378 e. The molecule has 0 aromatic heterocycles. The number of hydrogen-bond acceptors (Lipinski definition) is 2. The predicted octanol–water partition coefficient (Wildman–Crippen LogP) is 3.34. The zero-order valence-electron chi connectivity index (χ0n) is 12.7. The van der Waals surface area contributed by atoms with Crippen LogP contribution < -0.4 is 9.80 Å². The normalized spacial score (nSPS) is 16.7. The van der Waals surface area contributed by atoms with Gasteiger partial charge in [0.05, 0.1) is 0 Å². The first-order valence-electron chi connectivity index (χ1n) is 7.27. The molecule has 0 saturated carbocycles. The fraction of sp³-hybridized carbons (Fsp3) is 0.278. The fourth-order valence-corrected chi connectivity index (χ4v) is 2.93. The number of amides is 1. The largest absolute Gasteiger partial charge is 0.378 e. The standard InChI is InChI=1S/C18H20N2O/c1-13-11-14-7-4-5-10-17(14)20(13)18(21)15-8-6-9-16(12-15)19(2)3/h4-10,12-13H,11H2,1-3H3/t13-/m1/s1. The first-order valence-corrected chi connectivity index (χ1v) is 7.27. The Labute approximate surface area is 125 Å². The summed E-state index contributed by atoms with van der Waals surface area (Å²) in [6.45, 7) is 2.10. The number of nitrogens with zero attached hydrogens (tertiary/aromatic N) is 2. The molecule has 1 aliphatic heterocycles. The van der Waals surface area contributed by atoms with Crippen LogP contribution in [0.3, 0.4) is 0 Å². The van der Waals surface area contributed by atoms with Crippen LogP contribution in [0.5, 0.6) is 0 Å². The van der Waals surface area contributed by atoms with Gasteiger partial charge in [-0.3, -0.25) is 4.79 Å². The van der Waals surface area contributed by atoms with E-state index in [0.29, 0.717) is 0 Å². The molecule has 0 saturated heterocycles. The highest BCUT2D eigenvalue weighted by Gasteiger charge is 2.31. The van der Waals surface area contributed by atoms with Gasteiger partial charge in [-0.2, -0.15) is 0 Å². The van der Waals surface area contributed by atoms with Crippen LogP contribution >= 0.6 is 0 Å². The van der Waals surface area contributed by atoms with E-state index < -0.39 is 0 Å². The zero-order valence-corrected chi connectivity index (χ0v) is 12.7. The fourth-order valence-electron chi connectivity index (χ4n) is 2.93. The zero-order chi connectivity index (χ0) is 15.0. The average molecular weight is 280 g/mol. The Kier molecular flexibility index (Phi) is 3.42. The monoisotopic (exact) mass is 280 g/mol. The second-order valence-electron chi connectivity index (χ2n) is 5.80. The quantitative estimate of drug-likeness (QED) is 0.842. The van der Waals surface area contributed by atoms with Crippen molar-refractivity contribution in [2.24, 2.45) is 0 Å². The van der Waals surface area contributed by atoms with Gasteiger partial charge in [0.15, 0.2) is 0 Å². The van der Waals surface area contributed by atoms with E-state index in [1.54, 1.807) is 0 Å². The van der Waals surface area contributed by atoms with Crippen LogP contribution in [0.2, 0.25) is 0 Å². The van der Waals surface area contributed by atoms with Crippen LogP contribution in [0.4, 0.5) is 11.4 Å². The van der Waals surface area contributed by atoms with Crippen molar-refractivity contribution in [3.8, 4) is 0 Å². The van der Waals surface area contributed by atoms with Crippen molar-refractivity contribution < 1.29 is 4.79 Å². The first-order chi connectivity index (χ1) is 10.1. The Bertz CT molecular complexity index is 678. The minimum absolute atomic E-state index is 0.0798. The van der Waals surface area contributed by atoms with Crippen LogP contribution in [0.25, 0.3) is 0 Å². The lowest BCUT2D eigenvalue weighted by Crippen LogP contribution is -2.35. The van der Waals surface area contributed by atoms with Crippen molar-refractivity contribution in [2.75, 3.05) is 23.9 Å². The highest BCUT2D eigenvalue weighted by Crippen LogP contribution is 2.33. The molecule has 0 N–H and O–H groups in total. The summed E-state index contributed by atoms with van der Waals surface area (Å²) in [7, 11) is 3.97. The molecule has 0 fully saturated rings. The van der Waals surface area contributed by atoms with Crippen molar-refractivity contribution in [1.82, 2.24) is 0 Å². The molecule has 3 heteroatoms. The van der Waals surface area contributed by atoms with Gasteiger partial charge >= 0.3 is 0 Å². The summed E-state index contributed by atoms with van der Waals surface area (Å²) in [4.78, 5) is 16.8. The maximum absolute atomic E-state index is 12.9. The molecular formula is C18H20N2O. The van der Waals surface area contributed by atoms with Crippen molar-refractivity contribution in [1.29, 1.82) is 0 Å². The molecule has 2 aromatic rings. The van der Waals surface area contributed by atoms with E-state index in [2.05, 4.69) is 13.0 Å². The summed E-state index contributed by atoms with van der Waals surface area (Å²) >= 11 is 0. The van der Waals surface area contributed by atoms with Gasteiger partial charge in [0.1, 0.15) is 0 Å². The van der Waals surface area contributed by atoms with E-state index in [0.717, 1.165) is 23.4 Å². The van der Waals surface area contributed by atoms with Gasteiger partial charge in [-0.05, 0) is 43.2 Å². The molecule has 1 atom stereocenters. The van der Waals surface area contributed by atoms with E-state index in [1.807, 2.05) is 66.4 Å². The van der Waals surface area contributed by atoms with Crippen LogP contribution in [0.15, 0.2) is 48.5 Å². The maximum Gasteiger partial charge on any atom is 0.258 e. The van der Waals surface area contributed by atoms with E-state index in [4.69, 9.17) is 0 Å². The molecule has 3 rings (SSSR count). The highest BCUT2D eigenvalue weighted by atomic mass is 16.2.